The van der Waals surface area contributed by atoms with Crippen LogP contribution in [0.3, 0.4) is 0 Å². The van der Waals surface area contributed by atoms with Gasteiger partial charge in [0.1, 0.15) is 12.2 Å². The molecule has 27 heavy (non-hydrogen) atoms. The van der Waals surface area contributed by atoms with Gasteiger partial charge in [-0.25, -0.2) is 0 Å². The van der Waals surface area contributed by atoms with Crippen molar-refractivity contribution in [3.05, 3.63) is 25.3 Å². The van der Waals surface area contributed by atoms with Crippen LogP contribution >= 0.6 is 0 Å². The number of rotatable bonds is 13. The first-order valence-electron chi connectivity index (χ1n) is 9.20. The van der Waals surface area contributed by atoms with Crippen molar-refractivity contribution in [2.24, 2.45) is 5.41 Å². The molecule has 1 aliphatic heterocycles. The van der Waals surface area contributed by atoms with Gasteiger partial charge in [-0.05, 0) is 0 Å². The fourth-order valence-electron chi connectivity index (χ4n) is 3.49. The highest BCUT2D eigenvalue weighted by Gasteiger charge is 2.53. The molecule has 0 radical (unpaired) electrons. The molecule has 1 saturated heterocycles. The maximum absolute atomic E-state index is 10.9. The van der Waals surface area contributed by atoms with Gasteiger partial charge in [0.05, 0.1) is 38.1 Å². The van der Waals surface area contributed by atoms with Crippen LogP contribution in [0, 0.1) is 5.41 Å². The Morgan fingerprint density at radius 2 is 1.70 bits per heavy atom. The van der Waals surface area contributed by atoms with Crippen LogP contribution in [-0.4, -0.2) is 83.1 Å². The van der Waals surface area contributed by atoms with Gasteiger partial charge >= 0.3 is 0 Å². The predicted octanol–water partition coefficient (Wildman–Crippen LogP) is 1.94. The standard InChI is InChI=1S/C20H36O7/c1-8-10-25-19(26-11-9-2)17-16(21)18(24-7)20(3,4)15(27-17)12-14(23-6)13-22-5/h8-9,14-19,21H,1-2,10-13H2,3-7H3/t14-,15+,16-,17-,18+/m0/s1. The van der Waals surface area contributed by atoms with Crippen LogP contribution in [0.25, 0.3) is 0 Å². The third-order valence-electron chi connectivity index (χ3n) is 4.97. The summed E-state index contributed by atoms with van der Waals surface area (Å²) in [4.78, 5) is 0. The van der Waals surface area contributed by atoms with Crippen LogP contribution in [0.4, 0.5) is 0 Å². The van der Waals surface area contributed by atoms with Gasteiger partial charge in [0.25, 0.3) is 0 Å². The number of hydrogen-bond acceptors (Lipinski definition) is 7. The second-order valence-electron chi connectivity index (χ2n) is 7.22. The molecule has 0 bridgehead atoms. The molecular weight excluding hydrogens is 352 g/mol. The van der Waals surface area contributed by atoms with Crippen molar-refractivity contribution in [3.63, 3.8) is 0 Å². The molecule has 0 saturated carbocycles. The normalized spacial score (nSPS) is 28.9. The Hall–Kier alpha value is -0.800. The molecular formula is C20H36O7. The average Bonchev–Trinajstić information content (AvgIpc) is 2.64. The Morgan fingerprint density at radius 3 is 2.15 bits per heavy atom. The fourth-order valence-corrected chi connectivity index (χ4v) is 3.49. The highest BCUT2D eigenvalue weighted by atomic mass is 16.7. The molecule has 1 aliphatic rings. The van der Waals surface area contributed by atoms with Crippen molar-refractivity contribution in [2.45, 2.75) is 57.1 Å². The molecule has 1 fully saturated rings. The SMILES string of the molecule is C=CCOC(OCC=C)[C@H]1O[C@H](C[C@@H](COC)OC)C(C)(C)[C@H](OC)[C@H]1O. The van der Waals surface area contributed by atoms with E-state index in [2.05, 4.69) is 13.2 Å². The highest BCUT2D eigenvalue weighted by molar-refractivity contribution is 5.00. The molecule has 1 N–H and O–H groups in total. The van der Waals surface area contributed by atoms with Gasteiger partial charge in [0.15, 0.2) is 6.29 Å². The Bertz CT molecular complexity index is 428. The van der Waals surface area contributed by atoms with E-state index in [1.807, 2.05) is 13.8 Å². The third kappa shape index (κ3) is 6.35. The molecule has 5 atom stereocenters. The fraction of sp³-hybridized carbons (Fsp3) is 0.800. The minimum atomic E-state index is -0.927. The van der Waals surface area contributed by atoms with E-state index in [-0.39, 0.29) is 25.4 Å². The lowest BCUT2D eigenvalue weighted by molar-refractivity contribution is -0.302. The van der Waals surface area contributed by atoms with Crippen LogP contribution in [0.5, 0.6) is 0 Å². The molecule has 1 rings (SSSR count). The smallest absolute Gasteiger partial charge is 0.187 e. The molecule has 0 aromatic heterocycles. The van der Waals surface area contributed by atoms with Gasteiger partial charge in [-0.15, -0.1) is 13.2 Å². The van der Waals surface area contributed by atoms with E-state index < -0.39 is 30.0 Å². The summed E-state index contributed by atoms with van der Waals surface area (Å²) >= 11 is 0. The van der Waals surface area contributed by atoms with Gasteiger partial charge in [-0.1, -0.05) is 26.0 Å². The Kier molecular flexibility index (Phi) is 10.7. The van der Waals surface area contributed by atoms with E-state index in [1.54, 1.807) is 33.5 Å². The molecule has 0 aromatic carbocycles. The number of aliphatic hydroxyl groups is 1. The van der Waals surface area contributed by atoms with Crippen LogP contribution in [0.2, 0.25) is 0 Å². The summed E-state index contributed by atoms with van der Waals surface area (Å²) in [5, 5.41) is 10.9. The summed E-state index contributed by atoms with van der Waals surface area (Å²) in [7, 11) is 4.86. The van der Waals surface area contributed by atoms with Crippen molar-refractivity contribution in [1.29, 1.82) is 0 Å². The van der Waals surface area contributed by atoms with Crippen molar-refractivity contribution >= 4 is 0 Å². The van der Waals surface area contributed by atoms with Crippen molar-refractivity contribution in [1.82, 2.24) is 0 Å². The first-order valence-corrected chi connectivity index (χ1v) is 9.20. The van der Waals surface area contributed by atoms with E-state index in [0.717, 1.165) is 0 Å². The molecule has 158 valence electrons. The molecule has 0 amide bonds. The van der Waals surface area contributed by atoms with Crippen LogP contribution in [0.15, 0.2) is 25.3 Å². The van der Waals surface area contributed by atoms with Crippen molar-refractivity contribution in [2.75, 3.05) is 41.2 Å². The molecule has 7 nitrogen and oxygen atoms in total. The van der Waals surface area contributed by atoms with E-state index in [4.69, 9.17) is 28.4 Å². The lowest BCUT2D eigenvalue weighted by Gasteiger charge is -2.51. The van der Waals surface area contributed by atoms with E-state index >= 15 is 0 Å². The van der Waals surface area contributed by atoms with Crippen molar-refractivity contribution in [3.8, 4) is 0 Å². The summed E-state index contributed by atoms with van der Waals surface area (Å²) in [6.07, 6.45) is 0.502. The number of ether oxygens (including phenoxy) is 6. The summed E-state index contributed by atoms with van der Waals surface area (Å²) < 4.78 is 34.1. The number of aliphatic hydroxyl groups excluding tert-OH is 1. The lowest BCUT2D eigenvalue weighted by Crippen LogP contribution is -2.63. The minimum Gasteiger partial charge on any atom is -0.387 e. The molecule has 7 heteroatoms. The summed E-state index contributed by atoms with van der Waals surface area (Å²) in [5.74, 6) is 0. The first kappa shape index (κ1) is 24.2. The summed E-state index contributed by atoms with van der Waals surface area (Å²) in [6.45, 7) is 12.3. The van der Waals surface area contributed by atoms with Gasteiger partial charge in [-0.3, -0.25) is 0 Å². The molecule has 0 spiro atoms. The second kappa shape index (κ2) is 11.9. The second-order valence-corrected chi connectivity index (χ2v) is 7.22. The number of methoxy groups -OCH3 is 3. The Balaban J connectivity index is 3.08. The van der Waals surface area contributed by atoms with Crippen molar-refractivity contribution < 1.29 is 33.5 Å². The minimum absolute atomic E-state index is 0.144. The van der Waals surface area contributed by atoms with Gasteiger partial charge < -0.3 is 33.5 Å². The highest BCUT2D eigenvalue weighted by Crippen LogP contribution is 2.41. The van der Waals surface area contributed by atoms with Gasteiger partial charge in [0.2, 0.25) is 0 Å². The first-order chi connectivity index (χ1) is 12.9. The quantitative estimate of drug-likeness (QED) is 0.382. The van der Waals surface area contributed by atoms with E-state index in [1.165, 1.54) is 0 Å². The third-order valence-corrected chi connectivity index (χ3v) is 4.97. The van der Waals surface area contributed by atoms with Crippen LogP contribution in [-0.2, 0) is 28.4 Å². The molecule has 0 aromatic rings. The van der Waals surface area contributed by atoms with Crippen LogP contribution in [0.1, 0.15) is 20.3 Å². The molecule has 0 aliphatic carbocycles. The zero-order valence-corrected chi connectivity index (χ0v) is 17.3. The van der Waals surface area contributed by atoms with Gasteiger partial charge in [-0.2, -0.15) is 0 Å². The number of hydrogen-bond donors (Lipinski definition) is 1. The Morgan fingerprint density at radius 1 is 1.11 bits per heavy atom. The maximum Gasteiger partial charge on any atom is 0.187 e. The topological polar surface area (TPSA) is 75.6 Å². The lowest BCUT2D eigenvalue weighted by atomic mass is 9.73. The summed E-state index contributed by atoms with van der Waals surface area (Å²) in [6, 6.07) is 0. The zero-order chi connectivity index (χ0) is 20.4. The predicted molar refractivity (Wildman–Crippen MR) is 103 cm³/mol. The largest absolute Gasteiger partial charge is 0.387 e. The van der Waals surface area contributed by atoms with E-state index in [0.29, 0.717) is 13.0 Å². The molecule has 1 heterocycles. The van der Waals surface area contributed by atoms with Gasteiger partial charge in [0, 0.05) is 33.2 Å². The average molecular weight is 389 g/mol. The summed E-state index contributed by atoms with van der Waals surface area (Å²) in [5.41, 5.74) is -0.462. The van der Waals surface area contributed by atoms with E-state index in [9.17, 15) is 5.11 Å². The molecule has 0 unspecified atom stereocenters. The Labute approximate surface area is 163 Å². The monoisotopic (exact) mass is 388 g/mol. The van der Waals surface area contributed by atoms with Crippen LogP contribution < -0.4 is 0 Å². The maximum atomic E-state index is 10.9. The zero-order valence-electron chi connectivity index (χ0n) is 17.3.